The molecule has 1 aromatic rings. The first kappa shape index (κ1) is 14.4. The van der Waals surface area contributed by atoms with Crippen molar-refractivity contribution in [3.63, 3.8) is 0 Å². The van der Waals surface area contributed by atoms with Crippen LogP contribution in [0.4, 0.5) is 5.13 Å². The number of nitrogens with one attached hydrogen (secondary N) is 2. The molecule has 1 aliphatic carbocycles. The van der Waals surface area contributed by atoms with Crippen LogP contribution in [0.15, 0.2) is 0 Å². The van der Waals surface area contributed by atoms with E-state index < -0.39 is 0 Å². The molecule has 106 valence electrons. The van der Waals surface area contributed by atoms with Crippen molar-refractivity contribution in [3.05, 3.63) is 5.01 Å². The minimum Gasteiger partial charge on any atom is -0.308 e. The van der Waals surface area contributed by atoms with Gasteiger partial charge in [-0.15, -0.1) is 10.2 Å². The Bertz CT molecular complexity index is 413. The maximum Gasteiger partial charge on any atom is 0.240 e. The summed E-state index contributed by atoms with van der Waals surface area (Å²) in [6, 6.07) is 0. The fourth-order valence-electron chi connectivity index (χ4n) is 1.96. The van der Waals surface area contributed by atoms with Gasteiger partial charge in [0.2, 0.25) is 11.0 Å². The highest BCUT2D eigenvalue weighted by molar-refractivity contribution is 7.15. The van der Waals surface area contributed by atoms with Crippen LogP contribution in [-0.4, -0.2) is 29.2 Å². The van der Waals surface area contributed by atoms with Crippen molar-refractivity contribution in [3.8, 4) is 0 Å². The minimum atomic E-state index is -0.0344. The van der Waals surface area contributed by atoms with Crippen molar-refractivity contribution < 1.29 is 4.79 Å². The Balaban J connectivity index is 1.76. The minimum absolute atomic E-state index is 0.0344. The van der Waals surface area contributed by atoms with Crippen molar-refractivity contribution >= 4 is 22.4 Å². The van der Waals surface area contributed by atoms with Crippen LogP contribution in [0.2, 0.25) is 0 Å². The van der Waals surface area contributed by atoms with Crippen molar-refractivity contribution in [2.24, 2.45) is 5.92 Å². The highest BCUT2D eigenvalue weighted by Gasteiger charge is 2.20. The summed E-state index contributed by atoms with van der Waals surface area (Å²) in [6.45, 7) is 5.60. The van der Waals surface area contributed by atoms with Gasteiger partial charge in [0, 0.05) is 5.92 Å². The van der Waals surface area contributed by atoms with Crippen LogP contribution in [0.5, 0.6) is 0 Å². The summed E-state index contributed by atoms with van der Waals surface area (Å²) in [5.74, 6) is 1.21. The highest BCUT2D eigenvalue weighted by Crippen LogP contribution is 2.28. The number of hydrogen-bond acceptors (Lipinski definition) is 5. The summed E-state index contributed by atoms with van der Waals surface area (Å²) in [4.78, 5) is 11.7. The molecule has 1 aliphatic rings. The van der Waals surface area contributed by atoms with Crippen molar-refractivity contribution in [2.45, 2.75) is 45.4 Å². The normalized spacial score (nSPS) is 14.9. The number of rotatable bonds is 8. The van der Waals surface area contributed by atoms with Gasteiger partial charge in [0.05, 0.1) is 6.54 Å². The van der Waals surface area contributed by atoms with E-state index in [0.29, 0.717) is 17.6 Å². The van der Waals surface area contributed by atoms with Crippen LogP contribution in [0.25, 0.3) is 0 Å². The Morgan fingerprint density at radius 3 is 2.74 bits per heavy atom. The molecule has 19 heavy (non-hydrogen) atoms. The van der Waals surface area contributed by atoms with Crippen LogP contribution in [0.1, 0.15) is 50.5 Å². The SMILES string of the molecule is CCC(CC)c1nnc(NC(=O)CNCC2CC2)s1. The molecule has 0 aromatic carbocycles. The molecule has 0 atom stereocenters. The van der Waals surface area contributed by atoms with Gasteiger partial charge < -0.3 is 5.32 Å². The first-order valence-electron chi connectivity index (χ1n) is 7.06. The molecule has 1 saturated carbocycles. The molecule has 0 radical (unpaired) electrons. The number of hydrogen-bond donors (Lipinski definition) is 2. The van der Waals surface area contributed by atoms with Crippen molar-refractivity contribution in [1.29, 1.82) is 0 Å². The lowest BCUT2D eigenvalue weighted by Crippen LogP contribution is -2.29. The molecule has 5 nitrogen and oxygen atoms in total. The predicted octanol–water partition coefficient (Wildman–Crippen LogP) is 2.38. The van der Waals surface area contributed by atoms with Gasteiger partial charge in [-0.2, -0.15) is 0 Å². The lowest BCUT2D eigenvalue weighted by molar-refractivity contribution is -0.115. The molecule has 1 amide bonds. The summed E-state index contributed by atoms with van der Waals surface area (Å²) in [5.41, 5.74) is 0. The largest absolute Gasteiger partial charge is 0.308 e. The Hall–Kier alpha value is -1.01. The van der Waals surface area contributed by atoms with E-state index in [1.165, 1.54) is 24.2 Å². The monoisotopic (exact) mass is 282 g/mol. The lowest BCUT2D eigenvalue weighted by atomic mass is 10.1. The number of carbonyl (C=O) groups is 1. The third-order valence-corrected chi connectivity index (χ3v) is 4.44. The molecule has 0 unspecified atom stereocenters. The van der Waals surface area contributed by atoms with Crippen LogP contribution in [-0.2, 0) is 4.79 Å². The summed E-state index contributed by atoms with van der Waals surface area (Å²) >= 11 is 1.49. The molecule has 0 bridgehead atoms. The second kappa shape index (κ2) is 6.96. The Morgan fingerprint density at radius 2 is 2.11 bits per heavy atom. The Labute approximate surface area is 118 Å². The lowest BCUT2D eigenvalue weighted by Gasteiger charge is -2.06. The first-order chi connectivity index (χ1) is 9.22. The number of aromatic nitrogens is 2. The molecule has 1 aromatic heterocycles. The van der Waals surface area contributed by atoms with Gasteiger partial charge in [0.15, 0.2) is 0 Å². The number of amides is 1. The van der Waals surface area contributed by atoms with Gasteiger partial charge in [0.1, 0.15) is 5.01 Å². The van der Waals surface area contributed by atoms with Crippen LogP contribution in [0.3, 0.4) is 0 Å². The predicted molar refractivity (Wildman–Crippen MR) is 77.5 cm³/mol. The van der Waals surface area contributed by atoms with Gasteiger partial charge in [-0.3, -0.25) is 10.1 Å². The fourth-order valence-corrected chi connectivity index (χ4v) is 2.99. The van der Waals surface area contributed by atoms with E-state index in [2.05, 4.69) is 34.7 Å². The second-order valence-corrected chi connectivity index (χ2v) is 6.09. The zero-order valence-electron chi connectivity index (χ0n) is 11.6. The van der Waals surface area contributed by atoms with Gasteiger partial charge in [-0.1, -0.05) is 25.2 Å². The number of anilines is 1. The number of nitrogens with zero attached hydrogens (tertiary/aromatic N) is 2. The molecule has 2 rings (SSSR count). The van der Waals surface area contributed by atoms with Gasteiger partial charge in [-0.05, 0) is 38.1 Å². The van der Waals surface area contributed by atoms with Gasteiger partial charge in [-0.25, -0.2) is 0 Å². The van der Waals surface area contributed by atoms with E-state index in [1.807, 2.05) is 0 Å². The molecule has 2 N–H and O–H groups in total. The van der Waals surface area contributed by atoms with Crippen molar-refractivity contribution in [2.75, 3.05) is 18.4 Å². The van der Waals surface area contributed by atoms with Crippen LogP contribution >= 0.6 is 11.3 Å². The van der Waals surface area contributed by atoms with E-state index in [1.54, 1.807) is 0 Å². The Kier molecular flexibility index (Phi) is 5.27. The summed E-state index contributed by atoms with van der Waals surface area (Å²) in [5, 5.41) is 15.8. The first-order valence-corrected chi connectivity index (χ1v) is 7.88. The molecular formula is C13H22N4OS. The quantitative estimate of drug-likeness (QED) is 0.768. The second-order valence-electron chi connectivity index (χ2n) is 5.08. The smallest absolute Gasteiger partial charge is 0.240 e. The molecular weight excluding hydrogens is 260 g/mol. The average molecular weight is 282 g/mol. The highest BCUT2D eigenvalue weighted by atomic mass is 32.1. The average Bonchev–Trinajstić information content (AvgIpc) is 3.11. The third-order valence-electron chi connectivity index (χ3n) is 3.44. The van der Waals surface area contributed by atoms with E-state index in [9.17, 15) is 4.79 Å². The number of carbonyl (C=O) groups excluding carboxylic acids is 1. The molecule has 1 heterocycles. The summed E-state index contributed by atoms with van der Waals surface area (Å²) < 4.78 is 0. The van der Waals surface area contributed by atoms with E-state index in [0.717, 1.165) is 30.3 Å². The van der Waals surface area contributed by atoms with Crippen molar-refractivity contribution in [1.82, 2.24) is 15.5 Å². The van der Waals surface area contributed by atoms with Crippen LogP contribution < -0.4 is 10.6 Å². The summed E-state index contributed by atoms with van der Waals surface area (Å²) in [7, 11) is 0. The maximum atomic E-state index is 11.7. The molecule has 0 saturated heterocycles. The van der Waals surface area contributed by atoms with Gasteiger partial charge >= 0.3 is 0 Å². The molecule has 1 fully saturated rings. The topological polar surface area (TPSA) is 66.9 Å². The molecule has 6 heteroatoms. The zero-order valence-corrected chi connectivity index (χ0v) is 12.4. The molecule has 0 spiro atoms. The van der Waals surface area contributed by atoms with E-state index in [-0.39, 0.29) is 5.91 Å². The zero-order chi connectivity index (χ0) is 13.7. The van der Waals surface area contributed by atoms with Crippen LogP contribution in [0, 0.1) is 5.92 Å². The summed E-state index contributed by atoms with van der Waals surface area (Å²) in [6.07, 6.45) is 4.71. The maximum absolute atomic E-state index is 11.7. The van der Waals surface area contributed by atoms with E-state index >= 15 is 0 Å². The molecule has 0 aliphatic heterocycles. The fraction of sp³-hybridized carbons (Fsp3) is 0.769. The van der Waals surface area contributed by atoms with Gasteiger partial charge in [0.25, 0.3) is 0 Å². The Morgan fingerprint density at radius 1 is 1.37 bits per heavy atom. The third kappa shape index (κ3) is 4.54. The standard InChI is InChI=1S/C13H22N4OS/c1-3-10(4-2)12-16-17-13(19-12)15-11(18)8-14-7-9-5-6-9/h9-10,14H,3-8H2,1-2H3,(H,15,17,18). The van der Waals surface area contributed by atoms with E-state index in [4.69, 9.17) is 0 Å².